The summed E-state index contributed by atoms with van der Waals surface area (Å²) in [4.78, 5) is 11.5. The van der Waals surface area contributed by atoms with Crippen LogP contribution in [0.5, 0.6) is 0 Å². The summed E-state index contributed by atoms with van der Waals surface area (Å²) < 4.78 is 11.3. The highest BCUT2D eigenvalue weighted by molar-refractivity contribution is 5.64. The average Bonchev–Trinajstić information content (AvgIpc) is 2.79. The molecule has 0 radical (unpaired) electrons. The van der Waals surface area contributed by atoms with Gasteiger partial charge in [-0.2, -0.15) is 0 Å². The number of carbonyl (C=O) groups excluding carboxylic acids is 1. The highest BCUT2D eigenvalue weighted by Crippen LogP contribution is 2.18. The lowest BCUT2D eigenvalue weighted by molar-refractivity contribution is -0.0702. The fraction of sp³-hybridized carbons (Fsp3) is 0.519. The van der Waals surface area contributed by atoms with Gasteiger partial charge in [0.25, 0.3) is 0 Å². The molecule has 7 heteroatoms. The van der Waals surface area contributed by atoms with Crippen LogP contribution in [-0.4, -0.2) is 55.2 Å². The lowest BCUT2D eigenvalue weighted by atomic mass is 9.92. The molecule has 188 valence electrons. The number of primary amides is 1. The summed E-state index contributed by atoms with van der Waals surface area (Å²) in [6.07, 6.45) is -0.863. The highest BCUT2D eigenvalue weighted by atomic mass is 16.6. The molecule has 0 aromatic heterocycles. The van der Waals surface area contributed by atoms with Crippen molar-refractivity contribution >= 4 is 6.09 Å². The van der Waals surface area contributed by atoms with Crippen molar-refractivity contribution in [3.8, 4) is 0 Å². The normalized spacial score (nSPS) is 15.3. The van der Waals surface area contributed by atoms with Crippen molar-refractivity contribution in [3.05, 3.63) is 71.8 Å². The number of amides is 1. The van der Waals surface area contributed by atoms with Gasteiger partial charge in [0.05, 0.1) is 12.7 Å². The van der Waals surface area contributed by atoms with Crippen LogP contribution in [0.2, 0.25) is 0 Å². The standard InChI is InChI=1S/C27H41N3O4/c1-27(2,3)14-15-30-22(16-20-10-6-4-7-11-20)23(31)19-33-25(18-28)24(34-26(29)32)17-21-12-8-5-9-13-21/h4-13,22-25,30-31H,14-19,28H2,1-3H3,(H2,29,32). The van der Waals surface area contributed by atoms with E-state index in [1.165, 1.54) is 0 Å². The van der Waals surface area contributed by atoms with Gasteiger partial charge in [-0.15, -0.1) is 0 Å². The summed E-state index contributed by atoms with van der Waals surface area (Å²) >= 11 is 0. The summed E-state index contributed by atoms with van der Waals surface area (Å²) in [5, 5.41) is 14.5. The minimum Gasteiger partial charge on any atom is -0.443 e. The molecule has 7 nitrogen and oxygen atoms in total. The number of hydrogen-bond donors (Lipinski definition) is 4. The Balaban J connectivity index is 2.04. The van der Waals surface area contributed by atoms with Gasteiger partial charge in [-0.25, -0.2) is 4.79 Å². The van der Waals surface area contributed by atoms with Gasteiger partial charge >= 0.3 is 6.09 Å². The Bertz CT molecular complexity index is 827. The molecule has 4 unspecified atom stereocenters. The Hall–Kier alpha value is -2.45. The fourth-order valence-corrected chi connectivity index (χ4v) is 3.75. The minimum atomic E-state index is -0.880. The lowest BCUT2D eigenvalue weighted by Crippen LogP contribution is -2.48. The topological polar surface area (TPSA) is 120 Å². The summed E-state index contributed by atoms with van der Waals surface area (Å²) in [6.45, 7) is 7.53. The van der Waals surface area contributed by atoms with E-state index in [-0.39, 0.29) is 24.6 Å². The zero-order valence-corrected chi connectivity index (χ0v) is 20.7. The second-order valence-electron chi connectivity index (χ2n) is 9.90. The zero-order valence-electron chi connectivity index (χ0n) is 20.7. The number of hydrogen-bond acceptors (Lipinski definition) is 6. The van der Waals surface area contributed by atoms with Crippen LogP contribution in [0.4, 0.5) is 4.79 Å². The first-order valence-electron chi connectivity index (χ1n) is 11.9. The molecule has 2 rings (SSSR count). The van der Waals surface area contributed by atoms with Gasteiger partial charge in [0.2, 0.25) is 0 Å². The van der Waals surface area contributed by atoms with Crippen LogP contribution in [0.25, 0.3) is 0 Å². The smallest absolute Gasteiger partial charge is 0.404 e. The van der Waals surface area contributed by atoms with Crippen molar-refractivity contribution in [1.29, 1.82) is 0 Å². The molecule has 0 aliphatic carbocycles. The number of aliphatic hydroxyl groups excluding tert-OH is 1. The van der Waals surface area contributed by atoms with Crippen molar-refractivity contribution in [2.75, 3.05) is 19.7 Å². The van der Waals surface area contributed by atoms with Crippen LogP contribution in [0.3, 0.4) is 0 Å². The maximum Gasteiger partial charge on any atom is 0.404 e. The van der Waals surface area contributed by atoms with Crippen LogP contribution in [0, 0.1) is 5.41 Å². The molecule has 0 saturated carbocycles. The van der Waals surface area contributed by atoms with E-state index >= 15 is 0 Å². The number of aliphatic hydroxyl groups is 1. The van der Waals surface area contributed by atoms with Crippen LogP contribution >= 0.6 is 0 Å². The van der Waals surface area contributed by atoms with Gasteiger partial charge in [-0.05, 0) is 35.9 Å². The van der Waals surface area contributed by atoms with Crippen LogP contribution < -0.4 is 16.8 Å². The molecule has 0 fully saturated rings. The first kappa shape index (κ1) is 27.8. The van der Waals surface area contributed by atoms with E-state index in [2.05, 4.69) is 26.1 Å². The molecule has 2 aromatic rings. The van der Waals surface area contributed by atoms with E-state index in [1.54, 1.807) is 0 Å². The number of ether oxygens (including phenoxy) is 2. The molecular formula is C27H41N3O4. The van der Waals surface area contributed by atoms with Gasteiger partial charge in [0, 0.05) is 19.0 Å². The summed E-state index contributed by atoms with van der Waals surface area (Å²) in [6, 6.07) is 19.5. The van der Waals surface area contributed by atoms with Crippen molar-refractivity contribution in [3.63, 3.8) is 0 Å². The second-order valence-corrected chi connectivity index (χ2v) is 9.90. The fourth-order valence-electron chi connectivity index (χ4n) is 3.75. The Labute approximate surface area is 203 Å². The molecule has 34 heavy (non-hydrogen) atoms. The number of rotatable bonds is 14. The maximum absolute atomic E-state index is 11.5. The predicted octanol–water partition coefficient (Wildman–Crippen LogP) is 3.03. The predicted molar refractivity (Wildman–Crippen MR) is 135 cm³/mol. The first-order chi connectivity index (χ1) is 16.2. The molecule has 0 heterocycles. The number of benzene rings is 2. The number of nitrogens with two attached hydrogens (primary N) is 2. The molecule has 0 bridgehead atoms. The molecular weight excluding hydrogens is 430 g/mol. The van der Waals surface area contributed by atoms with E-state index in [0.717, 1.165) is 24.1 Å². The SMILES string of the molecule is CC(C)(C)CCNC(Cc1ccccc1)C(O)COC(CN)C(Cc1ccccc1)OC(N)=O. The van der Waals surface area contributed by atoms with Crippen LogP contribution in [0.1, 0.15) is 38.3 Å². The monoisotopic (exact) mass is 471 g/mol. The van der Waals surface area contributed by atoms with Crippen molar-refractivity contribution in [2.45, 2.75) is 64.4 Å². The first-order valence-corrected chi connectivity index (χ1v) is 11.9. The maximum atomic E-state index is 11.5. The van der Waals surface area contributed by atoms with Crippen molar-refractivity contribution in [1.82, 2.24) is 5.32 Å². The molecule has 0 aliphatic heterocycles. The Morgan fingerprint density at radius 2 is 1.53 bits per heavy atom. The van der Waals surface area contributed by atoms with E-state index in [0.29, 0.717) is 12.8 Å². The van der Waals surface area contributed by atoms with Gasteiger partial charge in [0.15, 0.2) is 0 Å². The minimum absolute atomic E-state index is 0.0509. The largest absolute Gasteiger partial charge is 0.443 e. The molecule has 4 atom stereocenters. The van der Waals surface area contributed by atoms with Crippen LogP contribution in [0.15, 0.2) is 60.7 Å². The third-order valence-corrected chi connectivity index (χ3v) is 5.72. The van der Waals surface area contributed by atoms with E-state index in [4.69, 9.17) is 20.9 Å². The number of carbonyl (C=O) groups is 1. The molecule has 0 aliphatic rings. The summed E-state index contributed by atoms with van der Waals surface area (Å²) in [7, 11) is 0. The third kappa shape index (κ3) is 10.7. The zero-order chi connectivity index (χ0) is 25.0. The van der Waals surface area contributed by atoms with Crippen LogP contribution in [-0.2, 0) is 22.3 Å². The van der Waals surface area contributed by atoms with E-state index in [1.807, 2.05) is 60.7 Å². The average molecular weight is 472 g/mol. The Morgan fingerprint density at radius 3 is 2.03 bits per heavy atom. The lowest BCUT2D eigenvalue weighted by Gasteiger charge is -2.30. The molecule has 0 saturated heterocycles. The van der Waals surface area contributed by atoms with Gasteiger partial charge in [-0.3, -0.25) is 0 Å². The molecule has 0 spiro atoms. The van der Waals surface area contributed by atoms with E-state index < -0.39 is 24.4 Å². The second kappa shape index (κ2) is 14.1. The Kier molecular flexibility index (Phi) is 11.5. The summed E-state index contributed by atoms with van der Waals surface area (Å²) in [5.74, 6) is 0. The van der Waals surface area contributed by atoms with Gasteiger partial charge in [0.1, 0.15) is 12.2 Å². The Morgan fingerprint density at radius 1 is 0.971 bits per heavy atom. The third-order valence-electron chi connectivity index (χ3n) is 5.72. The molecule has 2 aromatic carbocycles. The van der Waals surface area contributed by atoms with Crippen molar-refractivity contribution < 1.29 is 19.4 Å². The quantitative estimate of drug-likeness (QED) is 0.336. The molecule has 1 amide bonds. The van der Waals surface area contributed by atoms with E-state index in [9.17, 15) is 9.90 Å². The van der Waals surface area contributed by atoms with Gasteiger partial charge in [-0.1, -0.05) is 81.4 Å². The van der Waals surface area contributed by atoms with Crippen molar-refractivity contribution in [2.24, 2.45) is 16.9 Å². The summed E-state index contributed by atoms with van der Waals surface area (Å²) in [5.41, 5.74) is 13.6. The highest BCUT2D eigenvalue weighted by Gasteiger charge is 2.28. The molecule has 6 N–H and O–H groups in total. The van der Waals surface area contributed by atoms with Gasteiger partial charge < -0.3 is 31.4 Å². The number of nitrogens with one attached hydrogen (secondary N) is 1.